The van der Waals surface area contributed by atoms with Gasteiger partial charge in [0.2, 0.25) is 0 Å². The molecule has 1 aromatic carbocycles. The molecule has 4 rings (SSSR count). The van der Waals surface area contributed by atoms with Gasteiger partial charge in [-0.05, 0) is 81.0 Å². The Morgan fingerprint density at radius 2 is 1.85 bits per heavy atom. The number of hydrogen-bond acceptors (Lipinski definition) is 4. The number of nitrogens with one attached hydrogen (secondary N) is 1. The van der Waals surface area contributed by atoms with E-state index in [-0.39, 0.29) is 16.2 Å². The average Bonchev–Trinajstić information content (AvgIpc) is 2.67. The normalized spacial score (nSPS) is 28.6. The molecule has 7 heteroatoms. The number of hydrogen-bond donors (Lipinski definition) is 3. The largest absolute Gasteiger partial charge is 0.436 e. The van der Waals surface area contributed by atoms with Gasteiger partial charge in [-0.15, -0.1) is 11.6 Å². The van der Waals surface area contributed by atoms with Crippen molar-refractivity contribution in [1.82, 2.24) is 5.32 Å². The molecule has 3 fully saturated rings. The minimum Gasteiger partial charge on any atom is -0.430 e. The van der Waals surface area contributed by atoms with Crippen LogP contribution in [0.5, 0.6) is 0 Å². The zero-order valence-electron chi connectivity index (χ0n) is 15.2. The molecule has 0 unspecified atom stereocenters. The highest BCUT2D eigenvalue weighted by Crippen LogP contribution is 2.56. The van der Waals surface area contributed by atoms with E-state index in [9.17, 15) is 4.79 Å². The second kappa shape index (κ2) is 8.30. The first-order chi connectivity index (χ1) is 12.5. The van der Waals surface area contributed by atoms with Crippen molar-refractivity contribution in [2.75, 3.05) is 6.54 Å². The molecule has 0 saturated heterocycles. The van der Waals surface area contributed by atoms with Crippen molar-refractivity contribution in [2.24, 2.45) is 5.73 Å². The fourth-order valence-electron chi connectivity index (χ4n) is 4.37. The highest BCUT2D eigenvalue weighted by Gasteiger charge is 2.48. The molecule has 5 nitrogen and oxygen atoms in total. The molecule has 26 heavy (non-hydrogen) atoms. The molecule has 3 saturated carbocycles. The Bertz CT molecular complexity index is 601. The van der Waals surface area contributed by atoms with Gasteiger partial charge in [-0.3, -0.25) is 4.79 Å². The van der Waals surface area contributed by atoms with Crippen LogP contribution in [0.3, 0.4) is 0 Å². The Labute approximate surface area is 160 Å². The van der Waals surface area contributed by atoms with E-state index >= 15 is 0 Å². The van der Waals surface area contributed by atoms with Crippen molar-refractivity contribution in [2.45, 2.75) is 67.9 Å². The Hall–Kier alpha value is -1.08. The van der Waals surface area contributed by atoms with E-state index in [0.717, 1.165) is 38.5 Å². The van der Waals surface area contributed by atoms with Crippen molar-refractivity contribution in [3.63, 3.8) is 0 Å². The molecule has 0 heterocycles. The van der Waals surface area contributed by atoms with Crippen LogP contribution in [-0.4, -0.2) is 36.3 Å². The first kappa shape index (κ1) is 19.7. The van der Waals surface area contributed by atoms with Crippen LogP contribution in [0.15, 0.2) is 24.3 Å². The standard InChI is InChI=1S/C19H28BClN2O3/c21-19-10-7-18(8-11-19,9-12-19)15-5-3-14(4-6-15)17(24)23-16(26-20-25)2-1-13-22/h3-6,16,20,25H,1-2,7-13,22H2,(H,23,24)/t16-,18?,19?/m1/s1. The highest BCUT2D eigenvalue weighted by molar-refractivity contribution is 6.24. The van der Waals surface area contributed by atoms with Crippen LogP contribution in [0.2, 0.25) is 0 Å². The number of carbonyl (C=O) groups excluding carboxylic acids is 1. The summed E-state index contributed by atoms with van der Waals surface area (Å²) in [5, 5.41) is 11.8. The Kier molecular flexibility index (Phi) is 6.28. The molecule has 3 aliphatic rings. The molecule has 142 valence electrons. The lowest BCUT2D eigenvalue weighted by Crippen LogP contribution is -2.45. The minimum atomic E-state index is -0.525. The third-order valence-electron chi connectivity index (χ3n) is 6.15. The molecule has 0 spiro atoms. The third-order valence-corrected chi connectivity index (χ3v) is 6.72. The molecular formula is C19H28BClN2O3. The summed E-state index contributed by atoms with van der Waals surface area (Å²) in [6.45, 7) is 0.515. The Balaban J connectivity index is 1.64. The summed E-state index contributed by atoms with van der Waals surface area (Å²) in [5.74, 6) is -0.198. The number of nitrogens with two attached hydrogens (primary N) is 1. The van der Waals surface area contributed by atoms with Gasteiger partial charge in [0.05, 0.1) is 0 Å². The van der Waals surface area contributed by atoms with Gasteiger partial charge in [0.15, 0.2) is 0 Å². The van der Waals surface area contributed by atoms with Gasteiger partial charge in [0, 0.05) is 10.4 Å². The van der Waals surface area contributed by atoms with E-state index in [4.69, 9.17) is 27.0 Å². The van der Waals surface area contributed by atoms with Crippen LogP contribution < -0.4 is 11.1 Å². The van der Waals surface area contributed by atoms with Crippen LogP contribution in [0.1, 0.15) is 67.3 Å². The summed E-state index contributed by atoms with van der Waals surface area (Å²) < 4.78 is 5.16. The highest BCUT2D eigenvalue weighted by atomic mass is 35.5. The van der Waals surface area contributed by atoms with Gasteiger partial charge < -0.3 is 20.7 Å². The monoisotopic (exact) mass is 378 g/mol. The molecule has 3 aliphatic carbocycles. The van der Waals surface area contributed by atoms with Crippen LogP contribution >= 0.6 is 11.6 Å². The van der Waals surface area contributed by atoms with E-state index in [1.807, 2.05) is 12.1 Å². The van der Waals surface area contributed by atoms with Crippen molar-refractivity contribution in [1.29, 1.82) is 0 Å². The molecular weight excluding hydrogens is 350 g/mol. The lowest BCUT2D eigenvalue weighted by molar-refractivity contribution is 0.0792. The number of amides is 1. The van der Waals surface area contributed by atoms with E-state index in [1.165, 1.54) is 5.56 Å². The fraction of sp³-hybridized carbons (Fsp3) is 0.632. The maximum Gasteiger partial charge on any atom is 0.436 e. The number of halogens is 1. The average molecular weight is 379 g/mol. The number of benzene rings is 1. The van der Waals surface area contributed by atoms with Gasteiger partial charge in [0.25, 0.3) is 5.91 Å². The molecule has 0 aliphatic heterocycles. The quantitative estimate of drug-likeness (QED) is 0.368. The van der Waals surface area contributed by atoms with Gasteiger partial charge in [0.1, 0.15) is 6.23 Å². The lowest BCUT2D eigenvalue weighted by atomic mass is 9.57. The minimum absolute atomic E-state index is 0.0345. The Morgan fingerprint density at radius 1 is 1.23 bits per heavy atom. The topological polar surface area (TPSA) is 84.6 Å². The van der Waals surface area contributed by atoms with E-state index < -0.39 is 13.9 Å². The summed E-state index contributed by atoms with van der Waals surface area (Å²) in [5.41, 5.74) is 7.65. The number of rotatable bonds is 8. The maximum atomic E-state index is 12.5. The predicted octanol–water partition coefficient (Wildman–Crippen LogP) is 2.34. The van der Waals surface area contributed by atoms with E-state index in [0.29, 0.717) is 24.9 Å². The predicted molar refractivity (Wildman–Crippen MR) is 104 cm³/mol. The number of fused-ring (bicyclic) bond motifs is 3. The number of alkyl halides is 1. The van der Waals surface area contributed by atoms with Gasteiger partial charge >= 0.3 is 7.69 Å². The van der Waals surface area contributed by atoms with Crippen LogP contribution in [-0.2, 0) is 10.1 Å². The lowest BCUT2D eigenvalue weighted by Gasteiger charge is -2.51. The van der Waals surface area contributed by atoms with Crippen LogP contribution in [0, 0.1) is 0 Å². The maximum absolute atomic E-state index is 12.5. The fourth-order valence-corrected chi connectivity index (χ4v) is 4.65. The van der Waals surface area contributed by atoms with Crippen LogP contribution in [0.4, 0.5) is 0 Å². The van der Waals surface area contributed by atoms with Crippen molar-refractivity contribution < 1.29 is 14.5 Å². The first-order valence-electron chi connectivity index (χ1n) is 9.53. The van der Waals surface area contributed by atoms with Gasteiger partial charge in [-0.25, -0.2) is 0 Å². The molecule has 2 bridgehead atoms. The zero-order chi connectivity index (χ0) is 18.6. The zero-order valence-corrected chi connectivity index (χ0v) is 15.9. The summed E-state index contributed by atoms with van der Waals surface area (Å²) in [4.78, 5) is 12.5. The molecule has 0 aromatic heterocycles. The molecule has 4 N–H and O–H groups in total. The second-order valence-electron chi connectivity index (χ2n) is 7.70. The second-order valence-corrected chi connectivity index (χ2v) is 8.50. The number of carbonyl (C=O) groups is 1. The van der Waals surface area contributed by atoms with Crippen molar-refractivity contribution in [3.05, 3.63) is 35.4 Å². The summed E-state index contributed by atoms with van der Waals surface area (Å²) in [6.07, 6.45) is 7.41. The Morgan fingerprint density at radius 3 is 2.38 bits per heavy atom. The van der Waals surface area contributed by atoms with Crippen LogP contribution in [0.25, 0.3) is 0 Å². The molecule has 1 aromatic rings. The molecule has 1 amide bonds. The molecule has 0 radical (unpaired) electrons. The van der Waals surface area contributed by atoms with Crippen molar-refractivity contribution >= 4 is 25.2 Å². The van der Waals surface area contributed by atoms with Gasteiger partial charge in [-0.2, -0.15) is 0 Å². The first-order valence-corrected chi connectivity index (χ1v) is 9.91. The van der Waals surface area contributed by atoms with Crippen molar-refractivity contribution in [3.8, 4) is 0 Å². The SMILES string of the molecule is NCCC[C@H](NC(=O)c1ccc(C23CCC(Cl)(CC2)CC3)cc1)OBO. The summed E-state index contributed by atoms with van der Waals surface area (Å²) >= 11 is 6.63. The summed E-state index contributed by atoms with van der Waals surface area (Å²) in [7, 11) is -0.432. The van der Waals surface area contributed by atoms with E-state index in [2.05, 4.69) is 17.4 Å². The molecule has 1 atom stereocenters. The summed E-state index contributed by atoms with van der Waals surface area (Å²) in [6, 6.07) is 7.94. The third kappa shape index (κ3) is 4.25. The van der Waals surface area contributed by atoms with E-state index in [1.54, 1.807) is 0 Å². The smallest absolute Gasteiger partial charge is 0.430 e. The van der Waals surface area contributed by atoms with Gasteiger partial charge in [-0.1, -0.05) is 12.1 Å².